The maximum absolute atomic E-state index is 10.6. The van der Waals surface area contributed by atoms with E-state index in [9.17, 15) is 9.59 Å². The molecule has 2 N–H and O–H groups in total. The van der Waals surface area contributed by atoms with E-state index in [4.69, 9.17) is 10.2 Å². The van der Waals surface area contributed by atoms with Gasteiger partial charge < -0.3 is 10.2 Å². The molecule has 0 amide bonds. The van der Waals surface area contributed by atoms with Crippen LogP contribution < -0.4 is 0 Å². The molecule has 0 spiro atoms. The van der Waals surface area contributed by atoms with E-state index in [0.717, 1.165) is 51.4 Å². The molecule has 0 aliphatic heterocycles. The number of unbranched alkanes of at least 4 members (excludes halogenated alkanes) is 3. The molecule has 0 saturated carbocycles. The molecule has 4 nitrogen and oxygen atoms in total. The average molecular weight is 258 g/mol. The van der Waals surface area contributed by atoms with Crippen LogP contribution in [0.3, 0.4) is 0 Å². The van der Waals surface area contributed by atoms with E-state index in [0.29, 0.717) is 5.92 Å². The van der Waals surface area contributed by atoms with Gasteiger partial charge in [-0.05, 0) is 18.8 Å². The first kappa shape index (κ1) is 16.9. The zero-order valence-corrected chi connectivity index (χ0v) is 11.4. The van der Waals surface area contributed by atoms with Gasteiger partial charge in [0.05, 0.1) is 0 Å². The second-order valence-electron chi connectivity index (χ2n) is 4.93. The standard InChI is InChI=1S/C14H26O4/c1-2-3-7-12(10-11-14(17)18)8-5-4-6-9-13(15)16/h12H,2-11H2,1H3,(H,15,16)(H,17,18). The minimum atomic E-state index is -0.733. The van der Waals surface area contributed by atoms with Gasteiger partial charge in [-0.3, -0.25) is 9.59 Å². The van der Waals surface area contributed by atoms with E-state index < -0.39 is 11.9 Å². The Morgan fingerprint density at radius 2 is 1.44 bits per heavy atom. The second kappa shape index (κ2) is 11.1. The molecule has 0 radical (unpaired) electrons. The molecule has 0 heterocycles. The van der Waals surface area contributed by atoms with Crippen molar-refractivity contribution in [3.63, 3.8) is 0 Å². The molecule has 0 aromatic heterocycles. The molecule has 0 fully saturated rings. The quantitative estimate of drug-likeness (QED) is 0.523. The first-order chi connectivity index (χ1) is 8.56. The smallest absolute Gasteiger partial charge is 0.303 e. The highest BCUT2D eigenvalue weighted by molar-refractivity contribution is 5.66. The van der Waals surface area contributed by atoms with Gasteiger partial charge in [-0.25, -0.2) is 0 Å². The van der Waals surface area contributed by atoms with E-state index in [2.05, 4.69) is 6.92 Å². The lowest BCUT2D eigenvalue weighted by molar-refractivity contribution is -0.138. The number of hydrogen-bond acceptors (Lipinski definition) is 2. The average Bonchev–Trinajstić information content (AvgIpc) is 2.30. The largest absolute Gasteiger partial charge is 0.481 e. The third kappa shape index (κ3) is 11.4. The van der Waals surface area contributed by atoms with Crippen molar-refractivity contribution < 1.29 is 19.8 Å². The molecule has 4 heteroatoms. The Hall–Kier alpha value is -1.06. The fourth-order valence-corrected chi connectivity index (χ4v) is 2.14. The summed E-state index contributed by atoms with van der Waals surface area (Å²) in [4.78, 5) is 20.9. The molecular formula is C14H26O4. The molecule has 18 heavy (non-hydrogen) atoms. The van der Waals surface area contributed by atoms with Gasteiger partial charge in [-0.2, -0.15) is 0 Å². The van der Waals surface area contributed by atoms with Crippen molar-refractivity contribution in [1.29, 1.82) is 0 Å². The predicted octanol–water partition coefficient (Wildman–Crippen LogP) is 3.69. The van der Waals surface area contributed by atoms with Crippen LogP contribution in [0.5, 0.6) is 0 Å². The van der Waals surface area contributed by atoms with Crippen molar-refractivity contribution in [2.24, 2.45) is 5.92 Å². The summed E-state index contributed by atoms with van der Waals surface area (Å²) < 4.78 is 0. The van der Waals surface area contributed by atoms with Gasteiger partial charge >= 0.3 is 11.9 Å². The Morgan fingerprint density at radius 3 is 2.00 bits per heavy atom. The van der Waals surface area contributed by atoms with Crippen molar-refractivity contribution in [3.8, 4) is 0 Å². The van der Waals surface area contributed by atoms with Crippen LogP contribution >= 0.6 is 0 Å². The monoisotopic (exact) mass is 258 g/mol. The Balaban J connectivity index is 3.70. The van der Waals surface area contributed by atoms with Crippen LogP contribution in [-0.2, 0) is 9.59 Å². The van der Waals surface area contributed by atoms with Gasteiger partial charge in [0.2, 0.25) is 0 Å². The molecule has 1 unspecified atom stereocenters. The molecule has 0 aromatic carbocycles. The number of aliphatic carboxylic acids is 2. The summed E-state index contributed by atoms with van der Waals surface area (Å²) >= 11 is 0. The fraction of sp³-hybridized carbons (Fsp3) is 0.857. The zero-order valence-electron chi connectivity index (χ0n) is 11.4. The van der Waals surface area contributed by atoms with Gasteiger partial charge in [0, 0.05) is 12.8 Å². The van der Waals surface area contributed by atoms with Crippen LogP contribution in [0.4, 0.5) is 0 Å². The number of carboxylic acids is 2. The number of rotatable bonds is 12. The number of carbonyl (C=O) groups is 2. The Bertz CT molecular complexity index is 238. The number of carboxylic acid groups (broad SMARTS) is 2. The first-order valence-corrected chi connectivity index (χ1v) is 6.99. The minimum Gasteiger partial charge on any atom is -0.481 e. The van der Waals surface area contributed by atoms with Crippen LogP contribution in [0.25, 0.3) is 0 Å². The molecule has 0 aliphatic rings. The first-order valence-electron chi connectivity index (χ1n) is 6.99. The van der Waals surface area contributed by atoms with Crippen LogP contribution in [0, 0.1) is 5.92 Å². The molecule has 0 saturated heterocycles. The van der Waals surface area contributed by atoms with Gasteiger partial charge in [0.15, 0.2) is 0 Å². The molecule has 0 bridgehead atoms. The topological polar surface area (TPSA) is 74.6 Å². The molecule has 0 aromatic rings. The second-order valence-corrected chi connectivity index (χ2v) is 4.93. The predicted molar refractivity (Wildman–Crippen MR) is 70.6 cm³/mol. The Kier molecular flexibility index (Phi) is 10.4. The SMILES string of the molecule is CCCCC(CCCCCC(=O)O)CCC(=O)O. The van der Waals surface area contributed by atoms with Crippen LogP contribution in [-0.4, -0.2) is 22.2 Å². The maximum Gasteiger partial charge on any atom is 0.303 e. The van der Waals surface area contributed by atoms with E-state index in [1.54, 1.807) is 0 Å². The molecule has 0 rings (SSSR count). The summed E-state index contributed by atoms with van der Waals surface area (Å²) in [5.41, 5.74) is 0. The van der Waals surface area contributed by atoms with Crippen LogP contribution in [0.2, 0.25) is 0 Å². The molecular weight excluding hydrogens is 232 g/mol. The third-order valence-corrected chi connectivity index (χ3v) is 3.24. The summed E-state index contributed by atoms with van der Waals surface area (Å²) in [6.07, 6.45) is 8.36. The van der Waals surface area contributed by atoms with E-state index in [-0.39, 0.29) is 12.8 Å². The molecule has 0 aliphatic carbocycles. The Labute approximate surface area is 109 Å². The lowest BCUT2D eigenvalue weighted by Gasteiger charge is -2.15. The van der Waals surface area contributed by atoms with E-state index >= 15 is 0 Å². The van der Waals surface area contributed by atoms with Crippen molar-refractivity contribution in [1.82, 2.24) is 0 Å². The van der Waals surface area contributed by atoms with Crippen molar-refractivity contribution in [2.45, 2.75) is 71.1 Å². The Morgan fingerprint density at radius 1 is 0.833 bits per heavy atom. The highest BCUT2D eigenvalue weighted by Crippen LogP contribution is 2.22. The van der Waals surface area contributed by atoms with E-state index in [1.807, 2.05) is 0 Å². The zero-order chi connectivity index (χ0) is 13.8. The van der Waals surface area contributed by atoms with Gasteiger partial charge in [-0.1, -0.05) is 45.4 Å². The third-order valence-electron chi connectivity index (χ3n) is 3.24. The minimum absolute atomic E-state index is 0.245. The lowest BCUT2D eigenvalue weighted by atomic mass is 9.91. The summed E-state index contributed by atoms with van der Waals surface area (Å²) in [7, 11) is 0. The fourth-order valence-electron chi connectivity index (χ4n) is 2.14. The highest BCUT2D eigenvalue weighted by atomic mass is 16.4. The van der Waals surface area contributed by atoms with Gasteiger partial charge in [-0.15, -0.1) is 0 Å². The van der Waals surface area contributed by atoms with Crippen molar-refractivity contribution >= 4 is 11.9 Å². The van der Waals surface area contributed by atoms with Crippen LogP contribution in [0.15, 0.2) is 0 Å². The summed E-state index contributed by atoms with van der Waals surface area (Å²) in [5.74, 6) is -0.961. The molecule has 1 atom stereocenters. The summed E-state index contributed by atoms with van der Waals surface area (Å²) in [5, 5.41) is 17.2. The highest BCUT2D eigenvalue weighted by Gasteiger charge is 2.10. The van der Waals surface area contributed by atoms with E-state index in [1.165, 1.54) is 0 Å². The lowest BCUT2D eigenvalue weighted by Crippen LogP contribution is -2.05. The van der Waals surface area contributed by atoms with Crippen molar-refractivity contribution in [2.75, 3.05) is 0 Å². The van der Waals surface area contributed by atoms with Gasteiger partial charge in [0.1, 0.15) is 0 Å². The van der Waals surface area contributed by atoms with Gasteiger partial charge in [0.25, 0.3) is 0 Å². The van der Waals surface area contributed by atoms with Crippen LogP contribution in [0.1, 0.15) is 71.1 Å². The summed E-state index contributed by atoms with van der Waals surface area (Å²) in [6, 6.07) is 0. The maximum atomic E-state index is 10.6. The van der Waals surface area contributed by atoms with Crippen molar-refractivity contribution in [3.05, 3.63) is 0 Å². The normalized spacial score (nSPS) is 12.3. The number of hydrogen-bond donors (Lipinski definition) is 2. The summed E-state index contributed by atoms with van der Waals surface area (Å²) in [6.45, 7) is 2.14. The molecule has 106 valence electrons.